The van der Waals surface area contributed by atoms with E-state index >= 15 is 0 Å². The minimum absolute atomic E-state index is 0.101. The second kappa shape index (κ2) is 7.69. The molecule has 0 bridgehead atoms. The summed E-state index contributed by atoms with van der Waals surface area (Å²) in [4.78, 5) is 23.7. The number of hydrogen-bond acceptors (Lipinski definition) is 6. The van der Waals surface area contributed by atoms with Gasteiger partial charge in [0.2, 0.25) is 0 Å². The van der Waals surface area contributed by atoms with Gasteiger partial charge in [-0.05, 0) is 36.8 Å². The van der Waals surface area contributed by atoms with Crippen molar-refractivity contribution in [3.63, 3.8) is 0 Å². The third-order valence-electron chi connectivity index (χ3n) is 4.70. The number of hydrogen-bond donors (Lipinski definition) is 4. The van der Waals surface area contributed by atoms with E-state index in [4.69, 9.17) is 5.11 Å². The van der Waals surface area contributed by atoms with E-state index in [-0.39, 0.29) is 12.3 Å². The Morgan fingerprint density at radius 1 is 1.14 bits per heavy atom. The molecule has 0 saturated heterocycles. The Labute approximate surface area is 161 Å². The summed E-state index contributed by atoms with van der Waals surface area (Å²) in [6, 6.07) is 11.8. The van der Waals surface area contributed by atoms with Crippen LogP contribution in [0, 0.1) is 0 Å². The molecule has 2 aromatic heterocycles. The van der Waals surface area contributed by atoms with Crippen LogP contribution in [0.5, 0.6) is 0 Å². The molecular formula is C20H22N6O2. The van der Waals surface area contributed by atoms with Crippen LogP contribution in [-0.2, 0) is 13.1 Å². The molecule has 0 aliphatic rings. The first-order valence-electron chi connectivity index (χ1n) is 9.24. The van der Waals surface area contributed by atoms with E-state index in [1.165, 1.54) is 6.33 Å². The third-order valence-corrected chi connectivity index (χ3v) is 4.70. The lowest BCUT2D eigenvalue weighted by atomic mass is 10.2. The van der Waals surface area contributed by atoms with Crippen LogP contribution < -0.4 is 16.3 Å². The lowest BCUT2D eigenvalue weighted by Crippen LogP contribution is -2.14. The van der Waals surface area contributed by atoms with Gasteiger partial charge in [-0.15, -0.1) is 0 Å². The highest BCUT2D eigenvalue weighted by Crippen LogP contribution is 2.24. The Hall–Kier alpha value is -3.39. The first-order valence-corrected chi connectivity index (χ1v) is 9.24. The normalized spacial score (nSPS) is 11.2. The molecule has 8 heteroatoms. The number of anilines is 2. The fraction of sp³-hybridized carbons (Fsp3) is 0.250. The number of rotatable bonds is 7. The number of aryl methyl sites for hydroxylation is 1. The fourth-order valence-electron chi connectivity index (χ4n) is 3.29. The molecule has 0 atom stereocenters. The van der Waals surface area contributed by atoms with Gasteiger partial charge >= 0.3 is 5.69 Å². The summed E-state index contributed by atoms with van der Waals surface area (Å²) in [6.07, 6.45) is 1.53. The van der Waals surface area contributed by atoms with Crippen molar-refractivity contribution in [1.29, 1.82) is 0 Å². The number of aliphatic hydroxyl groups excluding tert-OH is 1. The second-order valence-electron chi connectivity index (χ2n) is 6.48. The van der Waals surface area contributed by atoms with Gasteiger partial charge in [0.25, 0.3) is 0 Å². The fourth-order valence-corrected chi connectivity index (χ4v) is 3.29. The number of aromatic nitrogens is 4. The number of fused-ring (bicyclic) bond motifs is 2. The Bertz CT molecular complexity index is 1160. The monoisotopic (exact) mass is 378 g/mol. The largest absolute Gasteiger partial charge is 0.395 e. The summed E-state index contributed by atoms with van der Waals surface area (Å²) in [5.41, 5.74) is 4.36. The first kappa shape index (κ1) is 18.0. The molecular weight excluding hydrogens is 356 g/mol. The summed E-state index contributed by atoms with van der Waals surface area (Å²) in [5.74, 6) is 0.722. The van der Waals surface area contributed by atoms with Crippen LogP contribution in [0.3, 0.4) is 0 Å². The second-order valence-corrected chi connectivity index (χ2v) is 6.48. The zero-order chi connectivity index (χ0) is 19.5. The van der Waals surface area contributed by atoms with Gasteiger partial charge in [0.15, 0.2) is 0 Å². The van der Waals surface area contributed by atoms with Gasteiger partial charge in [0.1, 0.15) is 12.1 Å². The van der Waals surface area contributed by atoms with Crippen LogP contribution in [0.25, 0.3) is 21.9 Å². The van der Waals surface area contributed by atoms with Gasteiger partial charge in [-0.1, -0.05) is 12.1 Å². The molecule has 0 spiro atoms. The van der Waals surface area contributed by atoms with Crippen molar-refractivity contribution in [2.24, 2.45) is 0 Å². The molecule has 0 fully saturated rings. The van der Waals surface area contributed by atoms with Crippen LogP contribution >= 0.6 is 0 Å². The number of aromatic amines is 1. The molecule has 2 aromatic carbocycles. The van der Waals surface area contributed by atoms with Gasteiger partial charge in [-0.25, -0.2) is 14.8 Å². The quantitative estimate of drug-likeness (QED) is 0.393. The Morgan fingerprint density at radius 3 is 2.71 bits per heavy atom. The molecule has 4 N–H and O–H groups in total. The number of H-pyrrole nitrogens is 1. The van der Waals surface area contributed by atoms with Crippen LogP contribution in [0.2, 0.25) is 0 Å². The van der Waals surface area contributed by atoms with Crippen molar-refractivity contribution in [2.45, 2.75) is 20.0 Å². The average molecular weight is 378 g/mol. The van der Waals surface area contributed by atoms with Crippen LogP contribution in [-0.4, -0.2) is 37.8 Å². The Kier molecular flexibility index (Phi) is 4.94. The van der Waals surface area contributed by atoms with Crippen LogP contribution in [0.15, 0.2) is 47.5 Å². The van der Waals surface area contributed by atoms with E-state index in [1.807, 2.05) is 43.3 Å². The highest BCUT2D eigenvalue weighted by Gasteiger charge is 2.10. The zero-order valence-corrected chi connectivity index (χ0v) is 15.6. The highest BCUT2D eigenvalue weighted by atomic mass is 16.3. The molecule has 8 nitrogen and oxygen atoms in total. The molecule has 0 saturated carbocycles. The van der Waals surface area contributed by atoms with E-state index in [0.29, 0.717) is 19.6 Å². The Morgan fingerprint density at radius 2 is 1.96 bits per heavy atom. The van der Waals surface area contributed by atoms with Crippen molar-refractivity contribution >= 4 is 33.4 Å². The van der Waals surface area contributed by atoms with Crippen molar-refractivity contribution < 1.29 is 5.11 Å². The van der Waals surface area contributed by atoms with Crippen molar-refractivity contribution in [3.8, 4) is 0 Å². The van der Waals surface area contributed by atoms with Gasteiger partial charge in [-0.2, -0.15) is 0 Å². The molecule has 4 aromatic rings. The van der Waals surface area contributed by atoms with Crippen molar-refractivity contribution in [2.75, 3.05) is 23.8 Å². The predicted octanol–water partition coefficient (Wildman–Crippen LogP) is 2.31. The van der Waals surface area contributed by atoms with Gasteiger partial charge in [-0.3, -0.25) is 4.57 Å². The summed E-state index contributed by atoms with van der Waals surface area (Å²) in [5, 5.41) is 16.2. The molecule has 4 rings (SSSR count). The number of imidazole rings is 1. The molecule has 0 radical (unpaired) electrons. The summed E-state index contributed by atoms with van der Waals surface area (Å²) < 4.78 is 1.69. The van der Waals surface area contributed by atoms with E-state index in [1.54, 1.807) is 4.57 Å². The number of benzene rings is 2. The highest BCUT2D eigenvalue weighted by molar-refractivity contribution is 5.98. The molecule has 28 heavy (non-hydrogen) atoms. The maximum Gasteiger partial charge on any atom is 0.326 e. The minimum Gasteiger partial charge on any atom is -0.395 e. The molecule has 0 aliphatic carbocycles. The number of nitrogens with zero attached hydrogens (tertiary/aromatic N) is 3. The van der Waals surface area contributed by atoms with Crippen molar-refractivity contribution in [1.82, 2.24) is 19.5 Å². The Balaban J connectivity index is 1.60. The molecule has 0 amide bonds. The van der Waals surface area contributed by atoms with Crippen LogP contribution in [0.4, 0.5) is 11.5 Å². The lowest BCUT2D eigenvalue weighted by Gasteiger charge is -2.10. The minimum atomic E-state index is -0.120. The van der Waals surface area contributed by atoms with Crippen molar-refractivity contribution in [3.05, 3.63) is 58.8 Å². The number of aliphatic hydroxyl groups is 1. The van der Waals surface area contributed by atoms with Gasteiger partial charge < -0.3 is 20.7 Å². The first-order chi connectivity index (χ1) is 13.7. The summed E-state index contributed by atoms with van der Waals surface area (Å²) in [7, 11) is 0. The summed E-state index contributed by atoms with van der Waals surface area (Å²) in [6.45, 7) is 3.78. The maximum absolute atomic E-state index is 12.1. The van der Waals surface area contributed by atoms with Crippen LogP contribution in [0.1, 0.15) is 12.5 Å². The molecule has 144 valence electrons. The zero-order valence-electron chi connectivity index (χ0n) is 15.6. The smallest absolute Gasteiger partial charge is 0.326 e. The van der Waals surface area contributed by atoms with E-state index in [0.717, 1.165) is 39.0 Å². The van der Waals surface area contributed by atoms with Gasteiger partial charge in [0.05, 0.1) is 23.2 Å². The molecule has 2 heterocycles. The lowest BCUT2D eigenvalue weighted by molar-refractivity contribution is 0.311. The SMILES string of the molecule is CCn1c(=O)[nH]c2cc3c(NCc4ccc(NCCO)cc4)ncnc3cc21. The van der Waals surface area contributed by atoms with E-state index in [2.05, 4.69) is 25.6 Å². The predicted molar refractivity (Wildman–Crippen MR) is 111 cm³/mol. The third kappa shape index (κ3) is 3.41. The van der Waals surface area contributed by atoms with Gasteiger partial charge in [0, 0.05) is 30.7 Å². The van der Waals surface area contributed by atoms with E-state index in [9.17, 15) is 4.79 Å². The molecule has 0 unspecified atom stereocenters. The number of nitrogens with one attached hydrogen (secondary N) is 3. The average Bonchev–Trinajstić information content (AvgIpc) is 3.03. The maximum atomic E-state index is 12.1. The summed E-state index contributed by atoms with van der Waals surface area (Å²) >= 11 is 0. The topological polar surface area (TPSA) is 108 Å². The molecule has 0 aliphatic heterocycles. The standard InChI is InChI=1S/C20H22N6O2/c1-2-26-18-10-16-15(9-17(18)25-20(26)28)19(24-12-23-16)22-11-13-3-5-14(6-4-13)21-7-8-27/h3-6,9-10,12,21,27H,2,7-8,11H2,1H3,(H,25,28)(H,22,23,24). The van der Waals surface area contributed by atoms with E-state index < -0.39 is 0 Å².